The molecule has 1 aliphatic carbocycles. The molecule has 0 bridgehead atoms. The fraction of sp³-hybridized carbons (Fsp3) is 0.471. The molecule has 0 saturated heterocycles. The number of rotatable bonds is 6. The van der Waals surface area contributed by atoms with Crippen LogP contribution in [0.15, 0.2) is 18.2 Å². The van der Waals surface area contributed by atoms with Crippen LogP contribution in [0.25, 0.3) is 0 Å². The van der Waals surface area contributed by atoms with E-state index in [0.717, 1.165) is 44.2 Å². The van der Waals surface area contributed by atoms with E-state index in [4.69, 9.17) is 16.3 Å². The summed E-state index contributed by atoms with van der Waals surface area (Å²) in [4.78, 5) is 35.2. The van der Waals surface area contributed by atoms with Crippen molar-refractivity contribution < 1.29 is 23.5 Å². The predicted octanol–water partition coefficient (Wildman–Crippen LogP) is 2.66. The Labute approximate surface area is 150 Å². The average molecular weight is 371 g/mol. The van der Waals surface area contributed by atoms with Crippen LogP contribution in [0, 0.1) is 11.7 Å². The third kappa shape index (κ3) is 6.34. The lowest BCUT2D eigenvalue weighted by molar-refractivity contribution is -0.147. The number of anilines is 1. The number of ether oxygens (including phenoxy) is 1. The van der Waals surface area contributed by atoms with Crippen LogP contribution in [0.3, 0.4) is 0 Å². The Morgan fingerprint density at radius 3 is 2.60 bits per heavy atom. The SMILES string of the molecule is O=C(COC(=O)CNC(=O)C1CCCCC1)Nc1ccc(F)cc1Cl. The molecule has 0 atom stereocenters. The molecule has 1 fully saturated rings. The summed E-state index contributed by atoms with van der Waals surface area (Å²) >= 11 is 5.78. The molecule has 0 heterocycles. The van der Waals surface area contributed by atoms with E-state index in [1.165, 1.54) is 6.07 Å². The highest BCUT2D eigenvalue weighted by molar-refractivity contribution is 6.33. The zero-order valence-corrected chi connectivity index (χ0v) is 14.4. The maximum absolute atomic E-state index is 12.9. The molecule has 0 unspecified atom stereocenters. The normalized spacial score (nSPS) is 14.6. The van der Waals surface area contributed by atoms with E-state index in [9.17, 15) is 18.8 Å². The largest absolute Gasteiger partial charge is 0.454 e. The van der Waals surface area contributed by atoms with E-state index in [1.807, 2.05) is 0 Å². The van der Waals surface area contributed by atoms with Crippen LogP contribution in [0.4, 0.5) is 10.1 Å². The second-order valence-electron chi connectivity index (χ2n) is 5.89. The smallest absolute Gasteiger partial charge is 0.325 e. The van der Waals surface area contributed by atoms with Crippen LogP contribution >= 0.6 is 11.6 Å². The Hall–Kier alpha value is -2.15. The highest BCUT2D eigenvalue weighted by atomic mass is 35.5. The summed E-state index contributed by atoms with van der Waals surface area (Å²) in [6, 6.07) is 3.51. The van der Waals surface area contributed by atoms with E-state index < -0.39 is 24.3 Å². The minimum Gasteiger partial charge on any atom is -0.454 e. The number of nitrogens with one attached hydrogen (secondary N) is 2. The molecule has 136 valence electrons. The van der Waals surface area contributed by atoms with Crippen molar-refractivity contribution >= 4 is 35.1 Å². The van der Waals surface area contributed by atoms with Crippen molar-refractivity contribution in [2.24, 2.45) is 5.92 Å². The summed E-state index contributed by atoms with van der Waals surface area (Å²) in [5.41, 5.74) is 0.217. The van der Waals surface area contributed by atoms with Gasteiger partial charge < -0.3 is 15.4 Å². The third-order valence-electron chi connectivity index (χ3n) is 3.95. The fourth-order valence-electron chi connectivity index (χ4n) is 2.64. The summed E-state index contributed by atoms with van der Waals surface area (Å²) in [6.07, 6.45) is 4.85. The molecule has 25 heavy (non-hydrogen) atoms. The van der Waals surface area contributed by atoms with E-state index in [1.54, 1.807) is 0 Å². The number of benzene rings is 1. The maximum Gasteiger partial charge on any atom is 0.325 e. The van der Waals surface area contributed by atoms with Gasteiger partial charge in [0.25, 0.3) is 5.91 Å². The van der Waals surface area contributed by atoms with Gasteiger partial charge in [-0.3, -0.25) is 14.4 Å². The Morgan fingerprint density at radius 2 is 1.92 bits per heavy atom. The van der Waals surface area contributed by atoms with Crippen LogP contribution in [-0.2, 0) is 19.1 Å². The monoisotopic (exact) mass is 370 g/mol. The zero-order valence-electron chi connectivity index (χ0n) is 13.6. The van der Waals surface area contributed by atoms with E-state index >= 15 is 0 Å². The van der Waals surface area contributed by atoms with Gasteiger partial charge >= 0.3 is 5.97 Å². The quantitative estimate of drug-likeness (QED) is 0.754. The second-order valence-corrected chi connectivity index (χ2v) is 6.29. The van der Waals surface area contributed by atoms with E-state index in [2.05, 4.69) is 10.6 Å². The topological polar surface area (TPSA) is 84.5 Å². The molecule has 8 heteroatoms. The molecular weight excluding hydrogens is 351 g/mol. The number of hydrogen-bond acceptors (Lipinski definition) is 4. The van der Waals surface area contributed by atoms with Gasteiger partial charge in [0.2, 0.25) is 5.91 Å². The molecule has 1 saturated carbocycles. The van der Waals surface area contributed by atoms with Crippen molar-refractivity contribution in [3.8, 4) is 0 Å². The van der Waals surface area contributed by atoms with E-state index in [0.29, 0.717) is 0 Å². The van der Waals surface area contributed by atoms with Gasteiger partial charge in [0.1, 0.15) is 12.4 Å². The summed E-state index contributed by atoms with van der Waals surface area (Å²) in [6.45, 7) is -0.800. The molecule has 0 aliphatic heterocycles. The summed E-state index contributed by atoms with van der Waals surface area (Å²) in [7, 11) is 0. The molecule has 2 rings (SSSR count). The Balaban J connectivity index is 1.68. The van der Waals surface area contributed by atoms with Crippen molar-refractivity contribution in [3.05, 3.63) is 29.0 Å². The molecule has 0 spiro atoms. The Kier molecular flexibility index (Phi) is 7.18. The number of carbonyl (C=O) groups is 3. The number of carbonyl (C=O) groups excluding carboxylic acids is 3. The van der Waals surface area contributed by atoms with Gasteiger partial charge in [-0.1, -0.05) is 30.9 Å². The molecule has 0 radical (unpaired) electrons. The first-order chi connectivity index (χ1) is 12.0. The van der Waals surface area contributed by atoms with Crippen LogP contribution in [0.5, 0.6) is 0 Å². The molecule has 1 aromatic rings. The van der Waals surface area contributed by atoms with Crippen molar-refractivity contribution in [3.63, 3.8) is 0 Å². The van der Waals surface area contributed by atoms with Crippen LogP contribution in [0.1, 0.15) is 32.1 Å². The molecule has 6 nitrogen and oxygen atoms in total. The molecule has 1 aromatic carbocycles. The van der Waals surface area contributed by atoms with E-state index in [-0.39, 0.29) is 29.1 Å². The highest BCUT2D eigenvalue weighted by Crippen LogP contribution is 2.23. The minimum atomic E-state index is -0.704. The lowest BCUT2D eigenvalue weighted by Gasteiger charge is -2.20. The lowest BCUT2D eigenvalue weighted by atomic mass is 9.89. The molecular formula is C17H20ClFN2O4. The van der Waals surface area contributed by atoms with Crippen molar-refractivity contribution in [2.45, 2.75) is 32.1 Å². The lowest BCUT2D eigenvalue weighted by Crippen LogP contribution is -2.36. The van der Waals surface area contributed by atoms with Crippen LogP contribution < -0.4 is 10.6 Å². The van der Waals surface area contributed by atoms with Crippen molar-refractivity contribution in [2.75, 3.05) is 18.5 Å². The van der Waals surface area contributed by atoms with Gasteiger partial charge in [0.15, 0.2) is 6.61 Å². The predicted molar refractivity (Wildman–Crippen MR) is 90.6 cm³/mol. The third-order valence-corrected chi connectivity index (χ3v) is 4.27. The molecule has 1 aliphatic rings. The fourth-order valence-corrected chi connectivity index (χ4v) is 2.86. The highest BCUT2D eigenvalue weighted by Gasteiger charge is 2.21. The summed E-state index contributed by atoms with van der Waals surface area (Å²) < 4.78 is 17.7. The number of amides is 2. The first-order valence-electron chi connectivity index (χ1n) is 8.14. The first-order valence-corrected chi connectivity index (χ1v) is 8.51. The van der Waals surface area contributed by atoms with Gasteiger partial charge in [-0.25, -0.2) is 4.39 Å². The average Bonchev–Trinajstić information content (AvgIpc) is 2.61. The minimum absolute atomic E-state index is 0.0411. The molecule has 2 amide bonds. The van der Waals surface area contributed by atoms with Crippen LogP contribution in [-0.4, -0.2) is 30.9 Å². The van der Waals surface area contributed by atoms with Gasteiger partial charge in [0, 0.05) is 5.92 Å². The van der Waals surface area contributed by atoms with Crippen LogP contribution in [0.2, 0.25) is 5.02 Å². The Morgan fingerprint density at radius 1 is 1.20 bits per heavy atom. The van der Waals surface area contributed by atoms with Crippen molar-refractivity contribution in [1.29, 1.82) is 0 Å². The van der Waals surface area contributed by atoms with Crippen molar-refractivity contribution in [1.82, 2.24) is 5.32 Å². The molecule has 2 N–H and O–H groups in total. The van der Waals surface area contributed by atoms with Gasteiger partial charge in [-0.15, -0.1) is 0 Å². The van der Waals surface area contributed by atoms with Gasteiger partial charge in [-0.2, -0.15) is 0 Å². The summed E-state index contributed by atoms with van der Waals surface area (Å²) in [5.74, 6) is -2.04. The first kappa shape index (κ1) is 19.2. The van der Waals surface area contributed by atoms with Gasteiger partial charge in [0.05, 0.1) is 10.7 Å². The number of hydrogen-bond donors (Lipinski definition) is 2. The number of esters is 1. The van der Waals surface area contributed by atoms with Gasteiger partial charge in [-0.05, 0) is 31.0 Å². The maximum atomic E-state index is 12.9. The Bertz CT molecular complexity index is 648. The zero-order chi connectivity index (χ0) is 18.2. The molecule has 0 aromatic heterocycles. The second kappa shape index (κ2) is 9.36. The summed E-state index contributed by atoms with van der Waals surface area (Å²) in [5, 5.41) is 4.98. The standard InChI is InChI=1S/C17H20ClFN2O4/c18-13-8-12(19)6-7-14(13)21-15(22)10-25-16(23)9-20-17(24)11-4-2-1-3-5-11/h6-8,11H,1-5,9-10H2,(H,20,24)(H,21,22). The number of halogens is 2.